The molecule has 0 aliphatic rings. The topological polar surface area (TPSA) is 85.6 Å². The fraction of sp³-hybridized carbons (Fsp3) is 0.227. The van der Waals surface area contributed by atoms with Crippen molar-refractivity contribution in [2.75, 3.05) is 16.8 Å². The van der Waals surface area contributed by atoms with E-state index in [1.54, 1.807) is 16.4 Å². The van der Waals surface area contributed by atoms with Crippen molar-refractivity contribution in [3.63, 3.8) is 0 Å². The van der Waals surface area contributed by atoms with Gasteiger partial charge in [-0.25, -0.2) is 9.67 Å². The highest BCUT2D eigenvalue weighted by Crippen LogP contribution is 2.28. The quantitative estimate of drug-likeness (QED) is 0.257. The maximum atomic E-state index is 12.4. The molecule has 2 heterocycles. The first-order valence-electron chi connectivity index (χ1n) is 10.1. The van der Waals surface area contributed by atoms with Crippen LogP contribution < -0.4 is 5.32 Å². The van der Waals surface area contributed by atoms with Crippen LogP contribution in [0, 0.1) is 5.92 Å². The third-order valence-corrected chi connectivity index (χ3v) is 7.38. The summed E-state index contributed by atoms with van der Waals surface area (Å²) in [5, 5.41) is 16.7. The first-order valence-corrected chi connectivity index (χ1v) is 12.8. The molecule has 0 saturated heterocycles. The molecule has 0 radical (unpaired) electrons. The van der Waals surface area contributed by atoms with Crippen LogP contribution in [0.2, 0.25) is 0 Å². The largest absolute Gasteiger partial charge is 0.300 e. The minimum atomic E-state index is -0.163. The molecule has 7 nitrogen and oxygen atoms in total. The number of para-hydroxylation sites is 1. The molecular weight excluding hydrogens is 460 g/mol. The molecule has 4 aromatic rings. The summed E-state index contributed by atoms with van der Waals surface area (Å²) in [6.45, 7) is 4.31. The lowest BCUT2D eigenvalue weighted by Crippen LogP contribution is -2.14. The third kappa shape index (κ3) is 5.96. The van der Waals surface area contributed by atoms with E-state index < -0.39 is 0 Å². The van der Waals surface area contributed by atoms with Crippen molar-refractivity contribution in [2.24, 2.45) is 5.92 Å². The zero-order valence-electron chi connectivity index (χ0n) is 17.6. The van der Waals surface area contributed by atoms with Crippen LogP contribution in [0.4, 0.5) is 5.13 Å². The van der Waals surface area contributed by atoms with Gasteiger partial charge in [0.05, 0.1) is 11.4 Å². The summed E-state index contributed by atoms with van der Waals surface area (Å²) >= 11 is 4.33. The second-order valence-electron chi connectivity index (χ2n) is 7.25. The van der Waals surface area contributed by atoms with Gasteiger partial charge in [-0.05, 0) is 18.1 Å². The van der Waals surface area contributed by atoms with E-state index in [1.807, 2.05) is 60.7 Å². The number of benzene rings is 2. The summed E-state index contributed by atoms with van der Waals surface area (Å²) in [5.41, 5.74) is 1.87. The average molecular weight is 483 g/mol. The van der Waals surface area contributed by atoms with E-state index in [-0.39, 0.29) is 11.7 Å². The molecule has 0 aliphatic heterocycles. The van der Waals surface area contributed by atoms with Crippen LogP contribution in [0.3, 0.4) is 0 Å². The fourth-order valence-corrected chi connectivity index (χ4v) is 5.09. The minimum absolute atomic E-state index is 0.163. The third-order valence-electron chi connectivity index (χ3n) is 4.15. The Bertz CT molecular complexity index is 1100. The van der Waals surface area contributed by atoms with E-state index in [1.165, 1.54) is 23.1 Å². The molecule has 0 fully saturated rings. The molecule has 32 heavy (non-hydrogen) atoms. The van der Waals surface area contributed by atoms with Gasteiger partial charge in [0, 0.05) is 11.3 Å². The lowest BCUT2D eigenvalue weighted by atomic mass is 10.2. The van der Waals surface area contributed by atoms with Crippen molar-refractivity contribution in [3.05, 3.63) is 60.7 Å². The van der Waals surface area contributed by atoms with Gasteiger partial charge in [-0.15, -0.1) is 15.3 Å². The molecule has 2 aromatic heterocycles. The molecule has 4 rings (SSSR count). The number of hydrogen-bond donors (Lipinski definition) is 1. The molecule has 0 unspecified atom stereocenters. The molecule has 10 heteroatoms. The Balaban J connectivity index is 1.43. The normalized spacial score (nSPS) is 11.1. The Morgan fingerprint density at radius 1 is 1.03 bits per heavy atom. The van der Waals surface area contributed by atoms with Crippen molar-refractivity contribution in [3.8, 4) is 17.1 Å². The highest BCUT2D eigenvalue weighted by molar-refractivity contribution is 8.01. The summed E-state index contributed by atoms with van der Waals surface area (Å²) < 4.78 is 2.66. The summed E-state index contributed by atoms with van der Waals surface area (Å²) in [4.78, 5) is 17.1. The van der Waals surface area contributed by atoms with E-state index >= 15 is 0 Å². The molecule has 164 valence electrons. The van der Waals surface area contributed by atoms with Gasteiger partial charge in [-0.3, -0.25) is 10.1 Å². The number of thioether (sulfide) groups is 2. The summed E-state index contributed by atoms with van der Waals surface area (Å²) in [6, 6.07) is 19.7. The van der Waals surface area contributed by atoms with Crippen molar-refractivity contribution in [2.45, 2.75) is 23.3 Å². The Morgan fingerprint density at radius 2 is 1.75 bits per heavy atom. The van der Waals surface area contributed by atoms with Gasteiger partial charge in [0.25, 0.3) is 0 Å². The Kier molecular flexibility index (Phi) is 7.56. The molecule has 1 amide bonds. The van der Waals surface area contributed by atoms with Crippen molar-refractivity contribution in [1.29, 1.82) is 0 Å². The number of nitrogens with zero attached hydrogens (tertiary/aromatic N) is 5. The van der Waals surface area contributed by atoms with E-state index in [9.17, 15) is 4.79 Å². The van der Waals surface area contributed by atoms with Gasteiger partial charge in [-0.1, -0.05) is 97.2 Å². The number of rotatable bonds is 9. The molecule has 0 saturated carbocycles. The smallest absolute Gasteiger partial charge is 0.236 e. The first kappa shape index (κ1) is 22.5. The predicted octanol–water partition coefficient (Wildman–Crippen LogP) is 5.26. The standard InChI is InChI=1S/C22H22N6OS3/c1-15(2)13-31-22-26-25-20(32-22)23-18(29)14-30-21-24-19(16-9-5-3-6-10-16)28(27-21)17-11-7-4-8-12-17/h3-12,15H,13-14H2,1-2H3,(H,23,25,29). The number of carbonyl (C=O) groups excluding carboxylic acids is 1. The van der Waals surface area contributed by atoms with Crippen LogP contribution in [0.25, 0.3) is 17.1 Å². The van der Waals surface area contributed by atoms with Gasteiger partial charge < -0.3 is 0 Å². The van der Waals surface area contributed by atoms with Crippen LogP contribution in [0.1, 0.15) is 13.8 Å². The molecule has 0 bridgehead atoms. The highest BCUT2D eigenvalue weighted by Gasteiger charge is 2.16. The average Bonchev–Trinajstić information content (AvgIpc) is 3.44. The zero-order valence-corrected chi connectivity index (χ0v) is 20.1. The fourth-order valence-electron chi connectivity index (χ4n) is 2.72. The number of aromatic nitrogens is 5. The summed E-state index contributed by atoms with van der Waals surface area (Å²) in [7, 11) is 0. The molecular formula is C22H22N6OS3. The lowest BCUT2D eigenvalue weighted by Gasteiger charge is -2.05. The first-order chi connectivity index (χ1) is 15.6. The van der Waals surface area contributed by atoms with Gasteiger partial charge in [0.15, 0.2) is 10.2 Å². The van der Waals surface area contributed by atoms with E-state index in [2.05, 4.69) is 39.4 Å². The maximum Gasteiger partial charge on any atom is 0.236 e. The molecule has 2 aromatic carbocycles. The van der Waals surface area contributed by atoms with Crippen LogP contribution in [-0.2, 0) is 4.79 Å². The number of amides is 1. The molecule has 0 aliphatic carbocycles. The molecule has 0 spiro atoms. The number of nitrogens with one attached hydrogen (secondary N) is 1. The SMILES string of the molecule is CC(C)CSc1nnc(NC(=O)CSc2nc(-c3ccccc3)n(-c3ccccc3)n2)s1. The van der Waals surface area contributed by atoms with E-state index in [4.69, 9.17) is 0 Å². The summed E-state index contributed by atoms with van der Waals surface area (Å²) in [6.07, 6.45) is 0. The second kappa shape index (κ2) is 10.8. The minimum Gasteiger partial charge on any atom is -0.300 e. The monoisotopic (exact) mass is 482 g/mol. The Hall–Kier alpha value is -2.69. The van der Waals surface area contributed by atoms with Crippen molar-refractivity contribution < 1.29 is 4.79 Å². The summed E-state index contributed by atoms with van der Waals surface area (Å²) in [5.74, 6) is 2.29. The van der Waals surface area contributed by atoms with Gasteiger partial charge in [0.1, 0.15) is 0 Å². The number of hydrogen-bond acceptors (Lipinski definition) is 8. The number of anilines is 1. The van der Waals surface area contributed by atoms with Crippen LogP contribution in [-0.4, -0.2) is 42.4 Å². The molecule has 1 N–H and O–H groups in total. The van der Waals surface area contributed by atoms with Crippen LogP contribution in [0.15, 0.2) is 70.2 Å². The van der Waals surface area contributed by atoms with Gasteiger partial charge in [-0.2, -0.15) is 0 Å². The highest BCUT2D eigenvalue weighted by atomic mass is 32.2. The zero-order chi connectivity index (χ0) is 22.3. The predicted molar refractivity (Wildman–Crippen MR) is 132 cm³/mol. The van der Waals surface area contributed by atoms with Crippen LogP contribution >= 0.6 is 34.9 Å². The maximum absolute atomic E-state index is 12.4. The van der Waals surface area contributed by atoms with E-state index in [0.29, 0.717) is 16.2 Å². The van der Waals surface area contributed by atoms with Gasteiger partial charge >= 0.3 is 0 Å². The van der Waals surface area contributed by atoms with Gasteiger partial charge in [0.2, 0.25) is 16.2 Å². The lowest BCUT2D eigenvalue weighted by molar-refractivity contribution is -0.113. The Morgan fingerprint density at radius 3 is 2.47 bits per heavy atom. The van der Waals surface area contributed by atoms with E-state index in [0.717, 1.165) is 27.2 Å². The van der Waals surface area contributed by atoms with Crippen LogP contribution in [0.5, 0.6) is 0 Å². The van der Waals surface area contributed by atoms with Crippen molar-refractivity contribution >= 4 is 45.9 Å². The Labute approximate surface area is 199 Å². The second-order valence-corrected chi connectivity index (χ2v) is 10.4. The van der Waals surface area contributed by atoms with Crippen molar-refractivity contribution in [1.82, 2.24) is 25.0 Å². The molecule has 0 atom stereocenters. The number of carbonyl (C=O) groups is 1.